The molecular formula is C21H22N4O4S. The number of esters is 1. The fraction of sp³-hybridized carbons (Fsp3) is 0.286. The topological polar surface area (TPSA) is 100 Å². The Kier molecular flexibility index (Phi) is 6.83. The summed E-state index contributed by atoms with van der Waals surface area (Å²) in [5.41, 5.74) is 2.05. The molecule has 1 aromatic carbocycles. The van der Waals surface area contributed by atoms with E-state index in [1.165, 1.54) is 30.8 Å². The molecule has 0 aliphatic rings. The van der Waals surface area contributed by atoms with Crippen molar-refractivity contribution in [2.75, 3.05) is 0 Å². The van der Waals surface area contributed by atoms with Gasteiger partial charge in [0.2, 0.25) is 0 Å². The van der Waals surface area contributed by atoms with Gasteiger partial charge < -0.3 is 9.30 Å². The van der Waals surface area contributed by atoms with E-state index in [2.05, 4.69) is 18.8 Å². The Balaban J connectivity index is 2.03. The minimum atomic E-state index is -0.415. The molecule has 9 heteroatoms. The van der Waals surface area contributed by atoms with Crippen molar-refractivity contribution in [3.05, 3.63) is 76.0 Å². The number of nitro groups is 1. The van der Waals surface area contributed by atoms with Crippen LogP contribution in [0.15, 0.2) is 58.7 Å². The average molecular weight is 426 g/mol. The van der Waals surface area contributed by atoms with E-state index >= 15 is 0 Å². The predicted molar refractivity (Wildman–Crippen MR) is 112 cm³/mol. The first-order valence-electron chi connectivity index (χ1n) is 9.39. The maximum absolute atomic E-state index is 11.4. The second-order valence-corrected chi connectivity index (χ2v) is 8.01. The molecule has 30 heavy (non-hydrogen) atoms. The van der Waals surface area contributed by atoms with Gasteiger partial charge in [-0.05, 0) is 29.7 Å². The van der Waals surface area contributed by atoms with E-state index in [0.717, 1.165) is 21.2 Å². The van der Waals surface area contributed by atoms with Crippen LogP contribution in [-0.2, 0) is 22.7 Å². The molecule has 0 saturated heterocycles. The molecule has 0 bridgehead atoms. The summed E-state index contributed by atoms with van der Waals surface area (Å²) >= 11 is 1.36. The highest BCUT2D eigenvalue weighted by Gasteiger charge is 2.22. The van der Waals surface area contributed by atoms with Gasteiger partial charge in [-0.3, -0.25) is 19.9 Å². The first-order chi connectivity index (χ1) is 14.3. The highest BCUT2D eigenvalue weighted by Crippen LogP contribution is 2.36. The van der Waals surface area contributed by atoms with Gasteiger partial charge in [0.05, 0.1) is 10.6 Å². The fourth-order valence-corrected chi connectivity index (χ4v) is 4.17. The van der Waals surface area contributed by atoms with Gasteiger partial charge in [0.1, 0.15) is 17.5 Å². The van der Waals surface area contributed by atoms with Crippen LogP contribution in [0.3, 0.4) is 0 Å². The number of hydrogen-bond acceptors (Lipinski definition) is 7. The zero-order valence-corrected chi connectivity index (χ0v) is 17.8. The SMILES string of the molecule is CC(=O)OCc1nc(Sc2cccc([N+](=O)[O-])c2)c(C(C)C)n1Cc1ccncc1. The lowest BCUT2D eigenvalue weighted by molar-refractivity contribution is -0.385. The van der Waals surface area contributed by atoms with Crippen LogP contribution >= 0.6 is 11.8 Å². The van der Waals surface area contributed by atoms with Gasteiger partial charge in [0.15, 0.2) is 0 Å². The second-order valence-electron chi connectivity index (χ2n) is 6.95. The van der Waals surface area contributed by atoms with E-state index in [1.54, 1.807) is 18.5 Å². The molecule has 8 nitrogen and oxygen atoms in total. The number of non-ortho nitro benzene ring substituents is 1. The molecule has 0 aliphatic heterocycles. The predicted octanol–water partition coefficient (Wildman–Crippen LogP) is 4.57. The Morgan fingerprint density at radius 1 is 1.27 bits per heavy atom. The van der Waals surface area contributed by atoms with Crippen LogP contribution < -0.4 is 0 Å². The van der Waals surface area contributed by atoms with Crippen LogP contribution in [0.25, 0.3) is 0 Å². The average Bonchev–Trinajstić information content (AvgIpc) is 3.04. The first-order valence-corrected chi connectivity index (χ1v) is 10.2. The number of imidazole rings is 1. The number of carbonyl (C=O) groups excluding carboxylic acids is 1. The van der Waals surface area contributed by atoms with Crippen LogP contribution in [0.4, 0.5) is 5.69 Å². The lowest BCUT2D eigenvalue weighted by atomic mass is 10.1. The second kappa shape index (κ2) is 9.53. The number of hydrogen-bond donors (Lipinski definition) is 0. The summed E-state index contributed by atoms with van der Waals surface area (Å²) in [6.45, 7) is 6.09. The molecule has 0 radical (unpaired) electrons. The van der Waals surface area contributed by atoms with E-state index in [1.807, 2.05) is 22.8 Å². The minimum absolute atomic E-state index is 0.0300. The van der Waals surface area contributed by atoms with E-state index in [-0.39, 0.29) is 24.2 Å². The molecule has 0 unspecified atom stereocenters. The first kappa shape index (κ1) is 21.5. The lowest BCUT2D eigenvalue weighted by Gasteiger charge is -2.15. The number of nitrogens with zero attached hydrogens (tertiary/aromatic N) is 4. The van der Waals surface area contributed by atoms with Gasteiger partial charge in [-0.15, -0.1) is 0 Å². The fourth-order valence-electron chi connectivity index (χ4n) is 3.02. The summed E-state index contributed by atoms with van der Waals surface area (Å²) in [6.07, 6.45) is 3.46. The Morgan fingerprint density at radius 3 is 2.63 bits per heavy atom. The van der Waals surface area contributed by atoms with Gasteiger partial charge in [-0.2, -0.15) is 0 Å². The summed E-state index contributed by atoms with van der Waals surface area (Å²) in [7, 11) is 0. The standard InChI is InChI=1S/C21H22N4O4S/c1-14(2)20-21(30-18-6-4-5-17(11-18)25(27)28)23-19(13-29-15(3)26)24(20)12-16-7-9-22-10-8-16/h4-11,14H,12-13H2,1-3H3. The third-order valence-electron chi connectivity index (χ3n) is 4.34. The molecule has 0 spiro atoms. The lowest BCUT2D eigenvalue weighted by Crippen LogP contribution is -2.12. The maximum atomic E-state index is 11.4. The Morgan fingerprint density at radius 2 is 2.00 bits per heavy atom. The van der Waals surface area contributed by atoms with Gasteiger partial charge >= 0.3 is 5.97 Å². The molecule has 0 aliphatic carbocycles. The molecule has 3 aromatic rings. The highest BCUT2D eigenvalue weighted by atomic mass is 32.2. The van der Waals surface area contributed by atoms with Crippen molar-refractivity contribution in [1.82, 2.24) is 14.5 Å². The van der Waals surface area contributed by atoms with E-state index in [0.29, 0.717) is 12.4 Å². The van der Waals surface area contributed by atoms with Crippen molar-refractivity contribution in [1.29, 1.82) is 0 Å². The van der Waals surface area contributed by atoms with Gasteiger partial charge in [0, 0.05) is 42.9 Å². The smallest absolute Gasteiger partial charge is 0.303 e. The zero-order valence-electron chi connectivity index (χ0n) is 16.9. The van der Waals surface area contributed by atoms with Crippen molar-refractivity contribution in [3.8, 4) is 0 Å². The largest absolute Gasteiger partial charge is 0.458 e. The van der Waals surface area contributed by atoms with Crippen molar-refractivity contribution >= 4 is 23.4 Å². The third-order valence-corrected chi connectivity index (χ3v) is 5.32. The molecule has 156 valence electrons. The van der Waals surface area contributed by atoms with Gasteiger partial charge in [-0.1, -0.05) is 31.7 Å². The van der Waals surface area contributed by atoms with E-state index < -0.39 is 4.92 Å². The molecule has 0 saturated carbocycles. The van der Waals surface area contributed by atoms with Crippen molar-refractivity contribution < 1.29 is 14.5 Å². The van der Waals surface area contributed by atoms with Gasteiger partial charge in [0.25, 0.3) is 5.69 Å². The Bertz CT molecular complexity index is 1050. The highest BCUT2D eigenvalue weighted by molar-refractivity contribution is 7.99. The molecule has 2 aromatic heterocycles. The summed E-state index contributed by atoms with van der Waals surface area (Å²) < 4.78 is 7.27. The van der Waals surface area contributed by atoms with Crippen molar-refractivity contribution in [2.45, 2.75) is 49.8 Å². The third kappa shape index (κ3) is 5.24. The molecule has 3 rings (SSSR count). The van der Waals surface area contributed by atoms with Crippen LogP contribution in [0.2, 0.25) is 0 Å². The molecule has 0 fully saturated rings. The summed E-state index contributed by atoms with van der Waals surface area (Å²) in [6, 6.07) is 10.3. The van der Waals surface area contributed by atoms with E-state index in [9.17, 15) is 14.9 Å². The number of carbonyl (C=O) groups is 1. The molecular weight excluding hydrogens is 404 g/mol. The number of pyridine rings is 1. The molecule has 2 heterocycles. The summed E-state index contributed by atoms with van der Waals surface area (Å²) in [5, 5.41) is 11.9. The number of ether oxygens (including phenoxy) is 1. The minimum Gasteiger partial charge on any atom is -0.458 e. The van der Waals surface area contributed by atoms with E-state index in [4.69, 9.17) is 9.72 Å². The number of rotatable bonds is 8. The number of benzene rings is 1. The molecule has 0 N–H and O–H groups in total. The van der Waals surface area contributed by atoms with Gasteiger partial charge in [-0.25, -0.2) is 4.98 Å². The monoisotopic (exact) mass is 426 g/mol. The number of nitro benzene ring substituents is 1. The normalized spacial score (nSPS) is 10.9. The van der Waals surface area contributed by atoms with Crippen LogP contribution in [0.1, 0.15) is 43.8 Å². The Labute approximate surface area is 178 Å². The quantitative estimate of drug-likeness (QED) is 0.295. The molecule has 0 amide bonds. The summed E-state index contributed by atoms with van der Waals surface area (Å²) in [5.74, 6) is 0.373. The summed E-state index contributed by atoms with van der Waals surface area (Å²) in [4.78, 5) is 31.6. The van der Waals surface area contributed by atoms with Crippen molar-refractivity contribution in [2.24, 2.45) is 0 Å². The molecule has 0 atom stereocenters. The maximum Gasteiger partial charge on any atom is 0.303 e. The van der Waals surface area contributed by atoms with Crippen LogP contribution in [0.5, 0.6) is 0 Å². The van der Waals surface area contributed by atoms with Crippen LogP contribution in [0, 0.1) is 10.1 Å². The van der Waals surface area contributed by atoms with Crippen LogP contribution in [-0.4, -0.2) is 25.4 Å². The number of aromatic nitrogens is 3. The Hall–Kier alpha value is -3.20. The zero-order chi connectivity index (χ0) is 21.7. The van der Waals surface area contributed by atoms with Crippen molar-refractivity contribution in [3.63, 3.8) is 0 Å².